The Morgan fingerprint density at radius 3 is 2.19 bits per heavy atom. The molecule has 0 fully saturated rings. The molecule has 0 saturated heterocycles. The molecule has 2 nitrogen and oxygen atoms in total. The molecule has 0 heterocycles. The molecule has 0 saturated carbocycles. The number of halogens is 1. The van der Waals surface area contributed by atoms with Gasteiger partial charge in [0.1, 0.15) is 0 Å². The van der Waals surface area contributed by atoms with E-state index in [9.17, 15) is 4.79 Å². The summed E-state index contributed by atoms with van der Waals surface area (Å²) in [6.07, 6.45) is 1.31. The molecular formula is C17H17ClO2S. The minimum Gasteiger partial charge on any atom is -0.469 e. The van der Waals surface area contributed by atoms with Gasteiger partial charge in [-0.3, -0.25) is 4.79 Å². The normalized spacial score (nSPS) is 10.4. The Labute approximate surface area is 134 Å². The molecular weight excluding hydrogens is 304 g/mol. The van der Waals surface area contributed by atoms with E-state index in [4.69, 9.17) is 11.6 Å². The Bertz CT molecular complexity index is 579. The highest BCUT2D eigenvalue weighted by atomic mass is 35.5. The molecule has 0 aliphatic heterocycles. The summed E-state index contributed by atoms with van der Waals surface area (Å²) in [6, 6.07) is 16.2. The van der Waals surface area contributed by atoms with Crippen molar-refractivity contribution in [2.24, 2.45) is 0 Å². The molecule has 110 valence electrons. The summed E-state index contributed by atoms with van der Waals surface area (Å²) < 4.78 is 4.62. The summed E-state index contributed by atoms with van der Waals surface area (Å²) in [6.45, 7) is 0. The summed E-state index contributed by atoms with van der Waals surface area (Å²) in [7, 11) is 1.42. The lowest BCUT2D eigenvalue weighted by Crippen LogP contribution is -1.99. The van der Waals surface area contributed by atoms with Crippen LogP contribution in [0.3, 0.4) is 0 Å². The van der Waals surface area contributed by atoms with Gasteiger partial charge in [-0.25, -0.2) is 0 Å². The number of esters is 1. The van der Waals surface area contributed by atoms with E-state index in [0.717, 1.165) is 22.8 Å². The van der Waals surface area contributed by atoms with Crippen molar-refractivity contribution in [3.05, 3.63) is 53.6 Å². The van der Waals surface area contributed by atoms with Crippen molar-refractivity contribution < 1.29 is 9.53 Å². The number of hydrogen-bond donors (Lipinski definition) is 0. The lowest BCUT2D eigenvalue weighted by molar-refractivity contribution is -0.140. The van der Waals surface area contributed by atoms with Crippen LogP contribution < -0.4 is 0 Å². The Kier molecular flexibility index (Phi) is 6.15. The first-order valence-corrected chi connectivity index (χ1v) is 8.11. The van der Waals surface area contributed by atoms with Crippen LogP contribution in [0.1, 0.15) is 12.8 Å². The average molecular weight is 321 g/mol. The molecule has 0 atom stereocenters. The van der Waals surface area contributed by atoms with Gasteiger partial charge in [0.05, 0.1) is 7.11 Å². The van der Waals surface area contributed by atoms with Gasteiger partial charge in [0, 0.05) is 16.3 Å². The standard InChI is InChI=1S/C17H17ClO2S/c1-20-17(19)3-2-12-21-16-10-6-14(7-11-16)13-4-8-15(18)9-5-13/h4-11H,2-3,12H2,1H3. The summed E-state index contributed by atoms with van der Waals surface area (Å²) >= 11 is 7.64. The Hall–Kier alpha value is -1.45. The fourth-order valence-electron chi connectivity index (χ4n) is 1.89. The van der Waals surface area contributed by atoms with Crippen LogP contribution in [0.5, 0.6) is 0 Å². The number of rotatable bonds is 6. The second-order valence-corrected chi connectivity index (χ2v) is 6.16. The fraction of sp³-hybridized carbons (Fsp3) is 0.235. The lowest BCUT2D eigenvalue weighted by atomic mass is 10.1. The van der Waals surface area contributed by atoms with E-state index in [2.05, 4.69) is 29.0 Å². The third kappa shape index (κ3) is 5.10. The number of hydrogen-bond acceptors (Lipinski definition) is 3. The smallest absolute Gasteiger partial charge is 0.305 e. The summed E-state index contributed by atoms with van der Waals surface area (Å²) in [4.78, 5) is 12.2. The predicted octanol–water partition coefficient (Wildman–Crippen LogP) is 5.05. The molecule has 0 N–H and O–H groups in total. The van der Waals surface area contributed by atoms with Gasteiger partial charge >= 0.3 is 5.97 Å². The number of methoxy groups -OCH3 is 1. The topological polar surface area (TPSA) is 26.3 Å². The molecule has 0 amide bonds. The first-order chi connectivity index (χ1) is 10.2. The maximum Gasteiger partial charge on any atom is 0.305 e. The molecule has 4 heteroatoms. The third-order valence-corrected chi connectivity index (χ3v) is 4.40. The number of carbonyl (C=O) groups excluding carboxylic acids is 1. The molecule has 2 rings (SSSR count). The van der Waals surface area contributed by atoms with Crippen LogP contribution in [0.4, 0.5) is 0 Å². The van der Waals surface area contributed by atoms with Gasteiger partial charge in [-0.05, 0) is 47.6 Å². The zero-order valence-corrected chi connectivity index (χ0v) is 13.4. The van der Waals surface area contributed by atoms with Crippen LogP contribution in [0.25, 0.3) is 11.1 Å². The van der Waals surface area contributed by atoms with E-state index >= 15 is 0 Å². The SMILES string of the molecule is COC(=O)CCCSc1ccc(-c2ccc(Cl)cc2)cc1. The molecule has 0 aliphatic carbocycles. The van der Waals surface area contributed by atoms with E-state index < -0.39 is 0 Å². The van der Waals surface area contributed by atoms with Gasteiger partial charge in [-0.1, -0.05) is 35.9 Å². The van der Waals surface area contributed by atoms with Gasteiger partial charge in [0.2, 0.25) is 0 Å². The zero-order valence-electron chi connectivity index (χ0n) is 11.8. The van der Waals surface area contributed by atoms with Crippen LogP contribution in [-0.4, -0.2) is 18.8 Å². The van der Waals surface area contributed by atoms with Crippen molar-refractivity contribution in [3.63, 3.8) is 0 Å². The van der Waals surface area contributed by atoms with Crippen LogP contribution in [0.15, 0.2) is 53.4 Å². The molecule has 0 spiro atoms. The highest BCUT2D eigenvalue weighted by Gasteiger charge is 2.01. The van der Waals surface area contributed by atoms with Crippen LogP contribution >= 0.6 is 23.4 Å². The summed E-state index contributed by atoms with van der Waals surface area (Å²) in [5.41, 5.74) is 2.33. The first-order valence-electron chi connectivity index (χ1n) is 6.74. The quantitative estimate of drug-likeness (QED) is 0.423. The van der Waals surface area contributed by atoms with Crippen LogP contribution in [0.2, 0.25) is 5.02 Å². The Morgan fingerprint density at radius 2 is 1.62 bits per heavy atom. The molecule has 0 aliphatic rings. The van der Waals surface area contributed by atoms with Crippen molar-refractivity contribution >= 4 is 29.3 Å². The Morgan fingerprint density at radius 1 is 1.05 bits per heavy atom. The van der Waals surface area contributed by atoms with E-state index in [1.54, 1.807) is 11.8 Å². The number of ether oxygens (including phenoxy) is 1. The van der Waals surface area contributed by atoms with Gasteiger partial charge in [-0.2, -0.15) is 0 Å². The zero-order chi connectivity index (χ0) is 15.1. The van der Waals surface area contributed by atoms with E-state index in [1.165, 1.54) is 17.6 Å². The van der Waals surface area contributed by atoms with E-state index in [1.807, 2.05) is 24.3 Å². The van der Waals surface area contributed by atoms with Crippen LogP contribution in [0, 0.1) is 0 Å². The highest BCUT2D eigenvalue weighted by Crippen LogP contribution is 2.25. The largest absolute Gasteiger partial charge is 0.469 e. The van der Waals surface area contributed by atoms with Gasteiger partial charge in [0.15, 0.2) is 0 Å². The molecule has 2 aromatic carbocycles. The van der Waals surface area contributed by atoms with Crippen LogP contribution in [-0.2, 0) is 9.53 Å². The summed E-state index contributed by atoms with van der Waals surface area (Å²) in [5.74, 6) is 0.767. The van der Waals surface area contributed by atoms with Crippen molar-refractivity contribution in [1.29, 1.82) is 0 Å². The monoisotopic (exact) mass is 320 g/mol. The van der Waals surface area contributed by atoms with Gasteiger partial charge < -0.3 is 4.74 Å². The minimum atomic E-state index is -0.145. The van der Waals surface area contributed by atoms with E-state index in [0.29, 0.717) is 6.42 Å². The minimum absolute atomic E-state index is 0.145. The number of benzene rings is 2. The third-order valence-electron chi connectivity index (χ3n) is 3.05. The maximum atomic E-state index is 11.0. The lowest BCUT2D eigenvalue weighted by Gasteiger charge is -2.05. The number of carbonyl (C=O) groups is 1. The van der Waals surface area contributed by atoms with Crippen molar-refractivity contribution in [2.45, 2.75) is 17.7 Å². The molecule has 21 heavy (non-hydrogen) atoms. The second-order valence-electron chi connectivity index (χ2n) is 4.56. The maximum absolute atomic E-state index is 11.0. The predicted molar refractivity (Wildman–Crippen MR) is 88.9 cm³/mol. The molecule has 0 bridgehead atoms. The highest BCUT2D eigenvalue weighted by molar-refractivity contribution is 7.99. The fourth-order valence-corrected chi connectivity index (χ4v) is 2.87. The molecule has 2 aromatic rings. The molecule has 0 unspecified atom stereocenters. The summed E-state index contributed by atoms with van der Waals surface area (Å²) in [5, 5.41) is 0.747. The van der Waals surface area contributed by atoms with Crippen molar-refractivity contribution in [1.82, 2.24) is 0 Å². The molecule has 0 radical (unpaired) electrons. The Balaban J connectivity index is 1.87. The molecule has 0 aromatic heterocycles. The van der Waals surface area contributed by atoms with Crippen molar-refractivity contribution in [2.75, 3.05) is 12.9 Å². The van der Waals surface area contributed by atoms with Gasteiger partial charge in [-0.15, -0.1) is 11.8 Å². The average Bonchev–Trinajstić information content (AvgIpc) is 2.52. The van der Waals surface area contributed by atoms with Crippen molar-refractivity contribution in [3.8, 4) is 11.1 Å². The number of thioether (sulfide) groups is 1. The first kappa shape index (κ1) is 15.9. The van der Waals surface area contributed by atoms with Gasteiger partial charge in [0.25, 0.3) is 0 Å². The van der Waals surface area contributed by atoms with E-state index in [-0.39, 0.29) is 5.97 Å². The second kappa shape index (κ2) is 8.11.